The largest absolute Gasteiger partial charge is 0.368 e. The minimum Gasteiger partial charge on any atom is -0.368 e. The number of nitrogens with one attached hydrogen (secondary N) is 2. The van der Waals surface area contributed by atoms with E-state index in [1.807, 2.05) is 27.5 Å². The van der Waals surface area contributed by atoms with Gasteiger partial charge < -0.3 is 25.0 Å². The van der Waals surface area contributed by atoms with Gasteiger partial charge in [0.05, 0.1) is 16.4 Å². The normalized spacial score (nSPS) is 16.8. The van der Waals surface area contributed by atoms with Gasteiger partial charge in [0.25, 0.3) is 5.91 Å². The van der Waals surface area contributed by atoms with Gasteiger partial charge in [-0.05, 0) is 56.3 Å². The van der Waals surface area contributed by atoms with E-state index < -0.39 is 0 Å². The number of hydrogen-bond donors (Lipinski definition) is 2. The molecule has 0 unspecified atom stereocenters. The highest BCUT2D eigenvalue weighted by Gasteiger charge is 2.24. The molecule has 3 aromatic heterocycles. The molecule has 0 bridgehead atoms. The Morgan fingerprint density at radius 1 is 1.05 bits per heavy atom. The predicted octanol–water partition coefficient (Wildman–Crippen LogP) is 1.82. The average Bonchev–Trinajstić information content (AvgIpc) is 3.56. The molecule has 4 aromatic rings. The zero-order valence-electron chi connectivity index (χ0n) is 21.0. The Kier molecular flexibility index (Phi) is 6.03. The molecule has 2 aliphatic heterocycles. The summed E-state index contributed by atoms with van der Waals surface area (Å²) in [4.78, 5) is 52.8. The molecule has 37 heavy (non-hydrogen) atoms. The van der Waals surface area contributed by atoms with Crippen LogP contribution >= 0.6 is 0 Å². The second kappa shape index (κ2) is 9.51. The van der Waals surface area contributed by atoms with Gasteiger partial charge >= 0.3 is 0 Å². The zero-order valence-corrected chi connectivity index (χ0v) is 21.0. The van der Waals surface area contributed by atoms with E-state index in [4.69, 9.17) is 0 Å². The van der Waals surface area contributed by atoms with E-state index in [1.54, 1.807) is 25.3 Å². The monoisotopic (exact) mass is 501 g/mol. The number of nitrogens with zero attached hydrogens (tertiary/aromatic N) is 5. The van der Waals surface area contributed by atoms with Crippen molar-refractivity contribution in [2.24, 2.45) is 0 Å². The lowest BCUT2D eigenvalue weighted by Crippen LogP contribution is -2.48. The summed E-state index contributed by atoms with van der Waals surface area (Å²) in [7, 11) is 0. The number of amides is 2. The van der Waals surface area contributed by atoms with Crippen molar-refractivity contribution in [3.05, 3.63) is 52.3 Å². The smallest absolute Gasteiger partial charge is 0.259 e. The van der Waals surface area contributed by atoms with Crippen molar-refractivity contribution in [1.82, 2.24) is 29.5 Å². The summed E-state index contributed by atoms with van der Waals surface area (Å²) in [5.41, 5.74) is 3.43. The predicted molar refractivity (Wildman–Crippen MR) is 143 cm³/mol. The molecule has 0 radical (unpaired) electrons. The van der Waals surface area contributed by atoms with Crippen LogP contribution in [-0.2, 0) is 4.79 Å². The Hall–Kier alpha value is -3.92. The Morgan fingerprint density at radius 2 is 1.84 bits per heavy atom. The van der Waals surface area contributed by atoms with Crippen molar-refractivity contribution in [2.75, 3.05) is 57.3 Å². The highest BCUT2D eigenvalue weighted by atomic mass is 16.2. The van der Waals surface area contributed by atoms with Gasteiger partial charge in [-0.25, -0.2) is 4.98 Å². The van der Waals surface area contributed by atoms with E-state index in [-0.39, 0.29) is 22.8 Å². The molecule has 10 heteroatoms. The number of hydrogen-bond acceptors (Lipinski definition) is 6. The molecule has 5 heterocycles. The molecular formula is C27H31N7O3. The number of H-pyrrole nitrogens is 1. The maximum Gasteiger partial charge on any atom is 0.259 e. The van der Waals surface area contributed by atoms with E-state index >= 15 is 0 Å². The summed E-state index contributed by atoms with van der Waals surface area (Å²) >= 11 is 0. The number of rotatable bonds is 5. The van der Waals surface area contributed by atoms with Crippen LogP contribution < -0.4 is 15.6 Å². The molecule has 2 saturated heterocycles. The molecule has 2 fully saturated rings. The second-order valence-corrected chi connectivity index (χ2v) is 9.89. The van der Waals surface area contributed by atoms with Gasteiger partial charge in [0, 0.05) is 58.1 Å². The highest BCUT2D eigenvalue weighted by molar-refractivity contribution is 6.05. The fourth-order valence-electron chi connectivity index (χ4n) is 5.62. The molecule has 6 rings (SSSR count). The first-order chi connectivity index (χ1) is 18.0. The van der Waals surface area contributed by atoms with Gasteiger partial charge in [-0.2, -0.15) is 0 Å². The number of aromatic amines is 1. The average molecular weight is 502 g/mol. The number of pyridine rings is 2. The van der Waals surface area contributed by atoms with E-state index in [2.05, 4.69) is 25.1 Å². The van der Waals surface area contributed by atoms with Crippen molar-refractivity contribution in [1.29, 1.82) is 0 Å². The third-order valence-electron chi connectivity index (χ3n) is 7.63. The van der Waals surface area contributed by atoms with Crippen LogP contribution in [0.1, 0.15) is 30.1 Å². The molecule has 192 valence electrons. The third kappa shape index (κ3) is 4.21. The van der Waals surface area contributed by atoms with Crippen molar-refractivity contribution in [3.8, 4) is 0 Å². The third-order valence-corrected chi connectivity index (χ3v) is 7.63. The van der Waals surface area contributed by atoms with Crippen LogP contribution in [0.25, 0.3) is 27.7 Å². The first kappa shape index (κ1) is 23.5. The molecule has 2 N–H and O–H groups in total. The molecule has 10 nitrogen and oxygen atoms in total. The van der Waals surface area contributed by atoms with Crippen LogP contribution in [0.5, 0.6) is 0 Å². The lowest BCUT2D eigenvalue weighted by Gasteiger charge is -2.35. The summed E-state index contributed by atoms with van der Waals surface area (Å²) in [5.74, 6) is -0.277. The maximum absolute atomic E-state index is 13.5. The first-order valence-corrected chi connectivity index (χ1v) is 13.0. The SMILES string of the molecule is CC(=O)N1CCN(c2ccc3c(c2)[nH]c2c(C(=O)NCCN4CCCC4)c(=O)c4cccnc4n23)CC1. The summed E-state index contributed by atoms with van der Waals surface area (Å²) in [6.07, 6.45) is 4.04. The molecule has 0 atom stereocenters. The molecule has 0 aliphatic carbocycles. The van der Waals surface area contributed by atoms with Gasteiger partial charge in [0.15, 0.2) is 0 Å². The number of benzene rings is 1. The number of piperazine rings is 1. The Bertz CT molecular complexity index is 1560. The van der Waals surface area contributed by atoms with Gasteiger partial charge in [-0.3, -0.25) is 18.8 Å². The topological polar surface area (TPSA) is 106 Å². The second-order valence-electron chi connectivity index (χ2n) is 9.89. The van der Waals surface area contributed by atoms with Gasteiger partial charge in [0.1, 0.15) is 16.9 Å². The quantitative estimate of drug-likeness (QED) is 0.432. The number of likely N-dealkylation sites (tertiary alicyclic amines) is 1. The van der Waals surface area contributed by atoms with Crippen molar-refractivity contribution in [3.63, 3.8) is 0 Å². The summed E-state index contributed by atoms with van der Waals surface area (Å²) < 4.78 is 1.87. The number of aromatic nitrogens is 3. The molecule has 1 aromatic carbocycles. The molecule has 2 amide bonds. The Balaban J connectivity index is 1.39. The number of anilines is 1. The van der Waals surface area contributed by atoms with Crippen LogP contribution in [0, 0.1) is 0 Å². The van der Waals surface area contributed by atoms with Crippen molar-refractivity contribution in [2.45, 2.75) is 19.8 Å². The van der Waals surface area contributed by atoms with Crippen LogP contribution in [0.4, 0.5) is 5.69 Å². The van der Waals surface area contributed by atoms with Crippen LogP contribution in [0.15, 0.2) is 41.3 Å². The molecule has 2 aliphatic rings. The van der Waals surface area contributed by atoms with Crippen molar-refractivity contribution >= 4 is 45.2 Å². The summed E-state index contributed by atoms with van der Waals surface area (Å²) in [6, 6.07) is 9.53. The van der Waals surface area contributed by atoms with Crippen LogP contribution in [0.2, 0.25) is 0 Å². The van der Waals surface area contributed by atoms with Gasteiger partial charge in [0.2, 0.25) is 11.3 Å². The summed E-state index contributed by atoms with van der Waals surface area (Å²) in [5, 5.41) is 3.38. The Labute approximate surface area is 213 Å². The van der Waals surface area contributed by atoms with Crippen LogP contribution in [0.3, 0.4) is 0 Å². The Morgan fingerprint density at radius 3 is 2.59 bits per heavy atom. The molecular weight excluding hydrogens is 470 g/mol. The minimum atomic E-state index is -0.375. The van der Waals surface area contributed by atoms with Gasteiger partial charge in [-0.15, -0.1) is 0 Å². The van der Waals surface area contributed by atoms with E-state index in [1.165, 1.54) is 12.8 Å². The van der Waals surface area contributed by atoms with E-state index in [9.17, 15) is 14.4 Å². The highest BCUT2D eigenvalue weighted by Crippen LogP contribution is 2.27. The fraction of sp³-hybridized carbons (Fsp3) is 0.407. The van der Waals surface area contributed by atoms with Gasteiger partial charge in [-0.1, -0.05) is 0 Å². The first-order valence-electron chi connectivity index (χ1n) is 13.0. The standard InChI is InChI=1S/C27H31N7O3/c1-18(35)32-13-15-33(16-14-32)19-6-7-22-21(17-19)30-26-23(27(37)29-9-12-31-10-2-3-11-31)24(36)20-5-4-8-28-25(20)34(22)26/h4-8,17,30H,2-3,9-16H2,1H3,(H,29,37). The lowest BCUT2D eigenvalue weighted by atomic mass is 10.1. The fourth-order valence-corrected chi connectivity index (χ4v) is 5.62. The zero-order chi connectivity index (χ0) is 25.5. The lowest BCUT2D eigenvalue weighted by molar-refractivity contribution is -0.129. The van der Waals surface area contributed by atoms with E-state index in [0.29, 0.717) is 36.3 Å². The number of carbonyl (C=O) groups is 2. The van der Waals surface area contributed by atoms with Crippen LogP contribution in [-0.4, -0.2) is 88.3 Å². The summed E-state index contributed by atoms with van der Waals surface area (Å²) in [6.45, 7) is 7.85. The molecule has 0 saturated carbocycles. The number of fused-ring (bicyclic) bond motifs is 5. The number of carbonyl (C=O) groups excluding carboxylic acids is 2. The van der Waals surface area contributed by atoms with Crippen molar-refractivity contribution < 1.29 is 9.59 Å². The minimum absolute atomic E-state index is 0.0983. The number of imidazole rings is 1. The molecule has 0 spiro atoms. The van der Waals surface area contributed by atoms with E-state index in [0.717, 1.165) is 49.4 Å². The maximum atomic E-state index is 13.5.